The predicted octanol–water partition coefficient (Wildman–Crippen LogP) is 2.92. The van der Waals surface area contributed by atoms with Gasteiger partial charge in [0.1, 0.15) is 0 Å². The van der Waals surface area contributed by atoms with E-state index >= 15 is 0 Å². The summed E-state index contributed by atoms with van der Waals surface area (Å²) in [6, 6.07) is 6.11. The molecule has 1 saturated heterocycles. The average molecular weight is 297 g/mol. The average Bonchev–Trinajstić information content (AvgIpc) is 2.41. The zero-order valence-corrected chi connectivity index (χ0v) is 13.4. The number of carbonyl (C=O) groups excluding carboxylic acids is 1. The van der Waals surface area contributed by atoms with Crippen molar-refractivity contribution in [3.8, 4) is 0 Å². The lowest BCUT2D eigenvalue weighted by atomic mass is 9.91. The van der Waals surface area contributed by atoms with Crippen LogP contribution >= 0.6 is 12.4 Å². The normalized spacial score (nSPS) is 20.2. The molecule has 2 unspecified atom stereocenters. The second kappa shape index (κ2) is 7.09. The summed E-state index contributed by atoms with van der Waals surface area (Å²) < 4.78 is 0. The molecule has 0 radical (unpaired) electrons. The van der Waals surface area contributed by atoms with Crippen LogP contribution in [0.1, 0.15) is 41.3 Å². The number of nitrogens with zero attached hydrogens (tertiary/aromatic N) is 1. The van der Waals surface area contributed by atoms with E-state index in [1.54, 1.807) is 0 Å². The molecule has 0 aromatic heterocycles. The molecule has 0 spiro atoms. The molecule has 2 N–H and O–H groups in total. The summed E-state index contributed by atoms with van der Waals surface area (Å²) in [5, 5.41) is 0. The molecule has 0 bridgehead atoms. The van der Waals surface area contributed by atoms with Crippen LogP contribution in [-0.2, 0) is 0 Å². The molecule has 2 atom stereocenters. The van der Waals surface area contributed by atoms with Gasteiger partial charge in [0.2, 0.25) is 0 Å². The lowest BCUT2D eigenvalue weighted by Crippen LogP contribution is -2.45. The van der Waals surface area contributed by atoms with Gasteiger partial charge in [0.15, 0.2) is 0 Å². The van der Waals surface area contributed by atoms with E-state index in [-0.39, 0.29) is 24.4 Å². The molecular weight excluding hydrogens is 272 g/mol. The fourth-order valence-corrected chi connectivity index (χ4v) is 2.68. The minimum absolute atomic E-state index is 0. The topological polar surface area (TPSA) is 46.3 Å². The maximum atomic E-state index is 12.5. The van der Waals surface area contributed by atoms with Gasteiger partial charge in [-0.25, -0.2) is 0 Å². The fraction of sp³-hybridized carbons (Fsp3) is 0.562. The van der Waals surface area contributed by atoms with Gasteiger partial charge >= 0.3 is 0 Å². The van der Waals surface area contributed by atoms with Gasteiger partial charge in [0, 0.05) is 24.7 Å². The van der Waals surface area contributed by atoms with Crippen LogP contribution in [-0.4, -0.2) is 29.9 Å². The SMILES string of the molecule is Cc1ccc(C(=O)N2CCCC(C(C)N)C2)cc1C.Cl. The van der Waals surface area contributed by atoms with Crippen LogP contribution in [0.3, 0.4) is 0 Å². The summed E-state index contributed by atoms with van der Waals surface area (Å²) in [7, 11) is 0. The van der Waals surface area contributed by atoms with Crippen LogP contribution in [0, 0.1) is 19.8 Å². The van der Waals surface area contributed by atoms with Crippen LogP contribution in [0.5, 0.6) is 0 Å². The zero-order valence-electron chi connectivity index (χ0n) is 12.6. The molecule has 0 saturated carbocycles. The van der Waals surface area contributed by atoms with Gasteiger partial charge in [-0.1, -0.05) is 6.07 Å². The van der Waals surface area contributed by atoms with Gasteiger partial charge < -0.3 is 10.6 Å². The number of likely N-dealkylation sites (tertiary alicyclic amines) is 1. The number of nitrogens with two attached hydrogens (primary N) is 1. The Morgan fingerprint density at radius 2 is 2.05 bits per heavy atom. The first-order valence-corrected chi connectivity index (χ1v) is 7.11. The van der Waals surface area contributed by atoms with E-state index in [9.17, 15) is 4.79 Å². The van der Waals surface area contributed by atoms with E-state index in [0.29, 0.717) is 5.92 Å². The number of aryl methyl sites for hydroxylation is 2. The van der Waals surface area contributed by atoms with E-state index in [4.69, 9.17) is 5.73 Å². The molecule has 1 aliphatic heterocycles. The van der Waals surface area contributed by atoms with Crippen molar-refractivity contribution in [2.24, 2.45) is 11.7 Å². The minimum Gasteiger partial charge on any atom is -0.338 e. The third kappa shape index (κ3) is 3.74. The van der Waals surface area contributed by atoms with Crippen molar-refractivity contribution < 1.29 is 4.79 Å². The predicted molar refractivity (Wildman–Crippen MR) is 85.4 cm³/mol. The van der Waals surface area contributed by atoms with E-state index in [0.717, 1.165) is 31.5 Å². The van der Waals surface area contributed by atoms with Crippen LogP contribution in [0.25, 0.3) is 0 Å². The van der Waals surface area contributed by atoms with E-state index in [1.165, 1.54) is 11.1 Å². The van der Waals surface area contributed by atoms with Gasteiger partial charge in [-0.3, -0.25) is 4.79 Å². The molecule has 1 amide bonds. The summed E-state index contributed by atoms with van der Waals surface area (Å²) in [4.78, 5) is 14.5. The first kappa shape index (κ1) is 17.0. The molecule has 20 heavy (non-hydrogen) atoms. The maximum absolute atomic E-state index is 12.5. The summed E-state index contributed by atoms with van der Waals surface area (Å²) >= 11 is 0. The zero-order chi connectivity index (χ0) is 14.0. The molecule has 1 fully saturated rings. The van der Waals surface area contributed by atoms with Gasteiger partial charge in [0.05, 0.1) is 0 Å². The van der Waals surface area contributed by atoms with Crippen LogP contribution in [0.4, 0.5) is 0 Å². The highest BCUT2D eigenvalue weighted by atomic mass is 35.5. The van der Waals surface area contributed by atoms with E-state index in [2.05, 4.69) is 6.92 Å². The van der Waals surface area contributed by atoms with Crippen LogP contribution in [0.15, 0.2) is 18.2 Å². The van der Waals surface area contributed by atoms with Crippen molar-refractivity contribution in [3.05, 3.63) is 34.9 Å². The number of carbonyl (C=O) groups is 1. The molecule has 112 valence electrons. The Morgan fingerprint density at radius 3 is 2.65 bits per heavy atom. The summed E-state index contributed by atoms with van der Waals surface area (Å²) in [5.74, 6) is 0.581. The molecule has 1 aliphatic rings. The molecule has 1 aromatic rings. The molecule has 4 heteroatoms. The lowest BCUT2D eigenvalue weighted by molar-refractivity contribution is 0.0661. The summed E-state index contributed by atoms with van der Waals surface area (Å²) in [6.45, 7) is 7.80. The minimum atomic E-state index is 0. The maximum Gasteiger partial charge on any atom is 0.253 e. The van der Waals surface area contributed by atoms with Gasteiger partial charge in [-0.2, -0.15) is 0 Å². The molecule has 1 heterocycles. The smallest absolute Gasteiger partial charge is 0.253 e. The van der Waals surface area contributed by atoms with Crippen molar-refractivity contribution in [2.75, 3.05) is 13.1 Å². The second-order valence-corrected chi connectivity index (χ2v) is 5.81. The first-order chi connectivity index (χ1) is 8.99. The quantitative estimate of drug-likeness (QED) is 0.912. The molecule has 3 nitrogen and oxygen atoms in total. The number of hydrogen-bond acceptors (Lipinski definition) is 2. The van der Waals surface area contributed by atoms with Crippen molar-refractivity contribution in [2.45, 2.75) is 39.7 Å². The first-order valence-electron chi connectivity index (χ1n) is 7.11. The van der Waals surface area contributed by atoms with Crippen LogP contribution in [0.2, 0.25) is 0 Å². The van der Waals surface area contributed by atoms with Crippen molar-refractivity contribution >= 4 is 18.3 Å². The van der Waals surface area contributed by atoms with Crippen LogP contribution < -0.4 is 5.73 Å². The Balaban J connectivity index is 0.00000200. The lowest BCUT2D eigenvalue weighted by Gasteiger charge is -2.34. The monoisotopic (exact) mass is 296 g/mol. The number of rotatable bonds is 2. The van der Waals surface area contributed by atoms with Crippen molar-refractivity contribution in [1.82, 2.24) is 4.90 Å². The Morgan fingerprint density at radius 1 is 1.35 bits per heavy atom. The van der Waals surface area contributed by atoms with E-state index < -0.39 is 0 Å². The van der Waals surface area contributed by atoms with E-state index in [1.807, 2.05) is 36.9 Å². The highest BCUT2D eigenvalue weighted by Crippen LogP contribution is 2.21. The third-order valence-corrected chi connectivity index (χ3v) is 4.24. The largest absolute Gasteiger partial charge is 0.338 e. The Bertz CT molecular complexity index is 474. The Kier molecular flexibility index (Phi) is 6.03. The number of amides is 1. The van der Waals surface area contributed by atoms with Crippen molar-refractivity contribution in [1.29, 1.82) is 0 Å². The number of halogens is 1. The highest BCUT2D eigenvalue weighted by Gasteiger charge is 2.26. The van der Waals surface area contributed by atoms with Gasteiger partial charge in [-0.05, 0) is 62.8 Å². The molecule has 0 aliphatic carbocycles. The molecular formula is C16H25ClN2O. The number of benzene rings is 1. The van der Waals surface area contributed by atoms with Crippen molar-refractivity contribution in [3.63, 3.8) is 0 Å². The molecule has 2 rings (SSSR count). The fourth-order valence-electron chi connectivity index (χ4n) is 2.68. The third-order valence-electron chi connectivity index (χ3n) is 4.24. The number of piperidine rings is 1. The summed E-state index contributed by atoms with van der Waals surface area (Å²) in [5.41, 5.74) is 9.17. The highest BCUT2D eigenvalue weighted by molar-refractivity contribution is 5.94. The Hall–Kier alpha value is -1.06. The number of hydrogen-bond donors (Lipinski definition) is 1. The van der Waals surface area contributed by atoms with Gasteiger partial charge in [0.25, 0.3) is 5.91 Å². The standard InChI is InChI=1S/C16H24N2O.ClH/c1-11-6-7-14(9-12(11)2)16(19)18-8-4-5-15(10-18)13(3)17;/h6-7,9,13,15H,4-5,8,10,17H2,1-3H3;1H. The van der Waals surface area contributed by atoms with Gasteiger partial charge in [-0.15, -0.1) is 12.4 Å². The summed E-state index contributed by atoms with van der Waals surface area (Å²) in [6.07, 6.45) is 2.19. The second-order valence-electron chi connectivity index (χ2n) is 5.81. The molecule has 1 aromatic carbocycles. The Labute approximate surface area is 127 Å².